The zero-order chi connectivity index (χ0) is 42.3. The highest BCUT2D eigenvalue weighted by Gasteiger charge is 2.23. The number of aromatic nitrogens is 1. The molecule has 3 heteroatoms. The largest absolute Gasteiger partial charge is 0.455 e. The molecule has 3 nitrogen and oxygen atoms in total. The molecule has 0 aliphatic heterocycles. The van der Waals surface area contributed by atoms with E-state index in [0.717, 1.165) is 61.3 Å². The molecule has 64 heavy (non-hydrogen) atoms. The lowest BCUT2D eigenvalue weighted by Gasteiger charge is -2.26. The summed E-state index contributed by atoms with van der Waals surface area (Å²) < 4.78 is 9.51. The number of anilines is 3. The highest BCUT2D eigenvalue weighted by molar-refractivity contribution is 6.31. The molecule has 0 saturated carbocycles. The molecule has 2 heterocycles. The van der Waals surface area contributed by atoms with Gasteiger partial charge in [0.25, 0.3) is 0 Å². The third kappa shape index (κ3) is 5.61. The van der Waals surface area contributed by atoms with Gasteiger partial charge in [0.05, 0.1) is 16.4 Å². The van der Waals surface area contributed by atoms with Gasteiger partial charge in [0.15, 0.2) is 0 Å². The second kappa shape index (κ2) is 14.3. The van der Waals surface area contributed by atoms with Gasteiger partial charge in [-0.05, 0) is 129 Å². The van der Waals surface area contributed by atoms with Gasteiger partial charge >= 0.3 is 0 Å². The minimum absolute atomic E-state index is 0.868. The van der Waals surface area contributed by atoms with Crippen LogP contribution in [0.3, 0.4) is 0 Å². The molecule has 13 rings (SSSR count). The van der Waals surface area contributed by atoms with Crippen molar-refractivity contribution in [2.45, 2.75) is 6.92 Å². The Morgan fingerprint density at radius 2 is 0.938 bits per heavy atom. The summed E-state index contributed by atoms with van der Waals surface area (Å²) in [5, 5.41) is 12.2. The Morgan fingerprint density at radius 1 is 0.375 bits per heavy atom. The fourth-order valence-electron chi connectivity index (χ4n) is 10.2. The Balaban J connectivity index is 1.04. The van der Waals surface area contributed by atoms with Crippen LogP contribution in [-0.2, 0) is 0 Å². The lowest BCUT2D eigenvalue weighted by molar-refractivity contribution is 0.670. The van der Waals surface area contributed by atoms with Crippen molar-refractivity contribution >= 4 is 93.1 Å². The Morgan fingerprint density at radius 3 is 1.66 bits per heavy atom. The summed E-state index contributed by atoms with van der Waals surface area (Å²) >= 11 is 0. The fraction of sp³-hybridized carbons (Fsp3) is 0.0164. The van der Waals surface area contributed by atoms with E-state index in [9.17, 15) is 0 Å². The van der Waals surface area contributed by atoms with Crippen molar-refractivity contribution in [1.82, 2.24) is 4.57 Å². The Labute approximate surface area is 370 Å². The van der Waals surface area contributed by atoms with E-state index in [2.05, 4.69) is 241 Å². The number of benzene rings is 11. The van der Waals surface area contributed by atoms with Crippen LogP contribution in [0.25, 0.3) is 104 Å². The van der Waals surface area contributed by atoms with Crippen molar-refractivity contribution in [3.05, 3.63) is 230 Å². The van der Waals surface area contributed by atoms with E-state index >= 15 is 0 Å². The minimum atomic E-state index is 0.868. The molecule has 11 aromatic carbocycles. The Bertz CT molecular complexity index is 3940. The smallest absolute Gasteiger partial charge is 0.143 e. The molecule has 0 N–H and O–H groups in total. The maximum Gasteiger partial charge on any atom is 0.143 e. The second-order valence-electron chi connectivity index (χ2n) is 16.9. The van der Waals surface area contributed by atoms with Gasteiger partial charge in [-0.3, -0.25) is 0 Å². The number of fused-ring (bicyclic) bond motifs is 13. The molecule has 0 radical (unpaired) electrons. The molecule has 2 aromatic heterocycles. The van der Waals surface area contributed by atoms with E-state index in [1.54, 1.807) is 0 Å². The van der Waals surface area contributed by atoms with Crippen LogP contribution in [0.5, 0.6) is 0 Å². The number of rotatable bonds is 6. The monoisotopic (exact) mass is 816 g/mol. The molecular weight excluding hydrogens is 777 g/mol. The van der Waals surface area contributed by atoms with Crippen LogP contribution >= 0.6 is 0 Å². The van der Waals surface area contributed by atoms with Gasteiger partial charge < -0.3 is 13.9 Å². The molecule has 0 unspecified atom stereocenters. The van der Waals surface area contributed by atoms with Gasteiger partial charge in [0, 0.05) is 44.5 Å². The summed E-state index contributed by atoms with van der Waals surface area (Å²) in [6.07, 6.45) is 0. The van der Waals surface area contributed by atoms with Crippen LogP contribution in [-0.4, -0.2) is 4.57 Å². The SMILES string of the molecule is Cc1ccc(-n2c3cc4c5ccccc5c5ccccc5c4cc3c3ccc4oc5c(-c6cccc(N(c7ccccc7)c7ccc(-c8ccccc8)cc7)c6)cccc5c4c32)cc1. The van der Waals surface area contributed by atoms with Crippen molar-refractivity contribution < 1.29 is 4.42 Å². The van der Waals surface area contributed by atoms with Crippen LogP contribution in [0.2, 0.25) is 0 Å². The van der Waals surface area contributed by atoms with Crippen molar-refractivity contribution in [2.24, 2.45) is 0 Å². The van der Waals surface area contributed by atoms with Crippen LogP contribution < -0.4 is 4.90 Å². The van der Waals surface area contributed by atoms with Crippen molar-refractivity contribution in [2.75, 3.05) is 4.90 Å². The predicted octanol–water partition coefficient (Wildman–Crippen LogP) is 17.3. The molecule has 0 aliphatic rings. The highest BCUT2D eigenvalue weighted by atomic mass is 16.3. The molecular formula is C61H40N2O. The van der Waals surface area contributed by atoms with Gasteiger partial charge in [-0.1, -0.05) is 157 Å². The summed E-state index contributed by atoms with van der Waals surface area (Å²) in [7, 11) is 0. The summed E-state index contributed by atoms with van der Waals surface area (Å²) in [5.41, 5.74) is 14.2. The van der Waals surface area contributed by atoms with E-state index in [0.29, 0.717) is 0 Å². The molecule has 0 amide bonds. The van der Waals surface area contributed by atoms with E-state index < -0.39 is 0 Å². The van der Waals surface area contributed by atoms with Crippen LogP contribution in [0.1, 0.15) is 5.56 Å². The summed E-state index contributed by atoms with van der Waals surface area (Å²) in [6.45, 7) is 2.15. The third-order valence-electron chi connectivity index (χ3n) is 13.2. The lowest BCUT2D eigenvalue weighted by Crippen LogP contribution is -2.09. The quantitative estimate of drug-likeness (QED) is 0.156. The molecule has 0 spiro atoms. The first kappa shape index (κ1) is 36.3. The van der Waals surface area contributed by atoms with Crippen LogP contribution in [0.15, 0.2) is 229 Å². The molecule has 0 aliphatic carbocycles. The molecule has 0 saturated heterocycles. The summed E-state index contributed by atoms with van der Waals surface area (Å²) in [6, 6.07) is 81.4. The van der Waals surface area contributed by atoms with Gasteiger partial charge in [0.1, 0.15) is 11.2 Å². The zero-order valence-electron chi connectivity index (χ0n) is 35.2. The summed E-state index contributed by atoms with van der Waals surface area (Å²) in [4.78, 5) is 2.33. The molecule has 13 aromatic rings. The second-order valence-corrected chi connectivity index (χ2v) is 16.9. The average molecular weight is 817 g/mol. The average Bonchev–Trinajstić information content (AvgIpc) is 3.90. The van der Waals surface area contributed by atoms with Crippen molar-refractivity contribution in [3.8, 4) is 27.9 Å². The Kier molecular flexibility index (Phi) is 8.13. The molecule has 0 atom stereocenters. The van der Waals surface area contributed by atoms with Crippen molar-refractivity contribution in [1.29, 1.82) is 0 Å². The maximum absolute atomic E-state index is 7.04. The number of furan rings is 1. The van der Waals surface area contributed by atoms with Gasteiger partial charge in [-0.15, -0.1) is 0 Å². The zero-order valence-corrected chi connectivity index (χ0v) is 35.2. The fourth-order valence-corrected chi connectivity index (χ4v) is 10.2. The first-order chi connectivity index (χ1) is 31.7. The molecule has 0 bridgehead atoms. The first-order valence-corrected chi connectivity index (χ1v) is 22.0. The molecule has 300 valence electrons. The van der Waals surface area contributed by atoms with E-state index in [4.69, 9.17) is 4.42 Å². The maximum atomic E-state index is 7.04. The van der Waals surface area contributed by atoms with Gasteiger partial charge in [-0.2, -0.15) is 0 Å². The third-order valence-corrected chi connectivity index (χ3v) is 13.2. The molecule has 0 fully saturated rings. The van der Waals surface area contributed by atoms with E-state index in [1.165, 1.54) is 65.3 Å². The normalized spacial score (nSPS) is 11.8. The highest BCUT2D eigenvalue weighted by Crippen LogP contribution is 2.46. The lowest BCUT2D eigenvalue weighted by atomic mass is 9.93. The first-order valence-electron chi connectivity index (χ1n) is 22.0. The van der Waals surface area contributed by atoms with Crippen LogP contribution in [0, 0.1) is 6.92 Å². The number of para-hydroxylation sites is 2. The Hall–Kier alpha value is -8.40. The number of aryl methyl sites for hydroxylation is 1. The van der Waals surface area contributed by atoms with Crippen LogP contribution in [0.4, 0.5) is 17.1 Å². The number of hydrogen-bond donors (Lipinski definition) is 0. The summed E-state index contributed by atoms with van der Waals surface area (Å²) in [5.74, 6) is 0. The number of hydrogen-bond acceptors (Lipinski definition) is 2. The van der Waals surface area contributed by atoms with Gasteiger partial charge in [-0.25, -0.2) is 0 Å². The standard InChI is InChI=1S/C61H40N2O/c1-39-26-30-45(31-27-39)63-57-38-55-51-23-11-9-21-49(51)48-20-8-10-22-50(48)54(55)37-56(57)52-34-35-58-59(60(52)63)53-25-13-24-47(61(53)64-58)42-16-12-19-46(36-42)62(43-17-6-3-7-18-43)44-32-28-41(29-33-44)40-14-4-2-5-15-40/h2-38H,1H3. The minimum Gasteiger partial charge on any atom is -0.455 e. The van der Waals surface area contributed by atoms with Crippen molar-refractivity contribution in [3.63, 3.8) is 0 Å². The van der Waals surface area contributed by atoms with Gasteiger partial charge in [0.2, 0.25) is 0 Å². The number of nitrogens with zero attached hydrogens (tertiary/aromatic N) is 2. The topological polar surface area (TPSA) is 21.3 Å². The van der Waals surface area contributed by atoms with E-state index in [-0.39, 0.29) is 0 Å². The predicted molar refractivity (Wildman–Crippen MR) is 271 cm³/mol. The van der Waals surface area contributed by atoms with E-state index in [1.807, 2.05) is 0 Å².